The van der Waals surface area contributed by atoms with E-state index in [2.05, 4.69) is 57.2 Å². The Bertz CT molecular complexity index is 2350. The van der Waals surface area contributed by atoms with Gasteiger partial charge >= 0.3 is 0 Å². The summed E-state index contributed by atoms with van der Waals surface area (Å²) in [6.07, 6.45) is 8.89. The number of morpholine rings is 2. The summed E-state index contributed by atoms with van der Waals surface area (Å²) >= 11 is 8.94. The molecule has 0 saturated carbocycles. The molecule has 2 saturated heterocycles. The molecular formula is C60H87BrClN7O10. The first-order chi connectivity index (χ1) is 38.2. The van der Waals surface area contributed by atoms with Crippen LogP contribution in [0.15, 0.2) is 98.2 Å². The van der Waals surface area contributed by atoms with E-state index < -0.39 is 11.6 Å². The van der Waals surface area contributed by atoms with Crippen LogP contribution in [0.2, 0.25) is 5.15 Å². The number of Topliss-reactive ketones (excluding diaryl/α,β-unsaturated/α-hetero) is 1. The summed E-state index contributed by atoms with van der Waals surface area (Å²) in [6, 6.07) is 19.2. The van der Waals surface area contributed by atoms with Gasteiger partial charge in [0.15, 0.2) is 0 Å². The molecule has 7 rings (SSSR count). The van der Waals surface area contributed by atoms with Gasteiger partial charge in [-0.25, -0.2) is 4.98 Å². The number of carbonyl (C=O) groups excluding carboxylic acids is 1. The van der Waals surface area contributed by atoms with Crippen LogP contribution in [-0.4, -0.2) is 171 Å². The second-order valence-electron chi connectivity index (χ2n) is 18.2. The van der Waals surface area contributed by atoms with Gasteiger partial charge in [0, 0.05) is 96.7 Å². The molecule has 2 aliphatic heterocycles. The minimum absolute atomic E-state index is 0.0676. The largest absolute Gasteiger partial charge is 0.492 e. The number of halogens is 2. The zero-order valence-corrected chi connectivity index (χ0v) is 50.8. The smallest absolute Gasteiger partial charge is 0.236 e. The van der Waals surface area contributed by atoms with Gasteiger partial charge in [-0.05, 0) is 127 Å². The molecular weight excluding hydrogens is 1090 g/mol. The number of pyridine rings is 5. The monoisotopic (exact) mass is 1180 g/mol. The first-order valence-electron chi connectivity index (χ1n) is 27.2. The summed E-state index contributed by atoms with van der Waals surface area (Å²) in [7, 11) is 0. The average molecular weight is 1180 g/mol. The molecule has 79 heavy (non-hydrogen) atoms. The van der Waals surface area contributed by atoms with Crippen molar-refractivity contribution in [3.8, 4) is 0 Å². The molecule has 2 aliphatic rings. The third kappa shape index (κ3) is 26.6. The average Bonchev–Trinajstić information content (AvgIpc) is 3.46. The van der Waals surface area contributed by atoms with Crippen molar-refractivity contribution >= 4 is 39.1 Å². The topological polar surface area (TPSA) is 171 Å². The number of aromatic nitrogens is 5. The lowest BCUT2D eigenvalue weighted by atomic mass is 10.1. The Kier molecular flexibility index (Phi) is 34.5. The van der Waals surface area contributed by atoms with Crippen LogP contribution in [0.25, 0.3) is 5.76 Å². The van der Waals surface area contributed by atoms with E-state index in [0.29, 0.717) is 74.8 Å². The highest BCUT2D eigenvalue weighted by atomic mass is 79.9. The molecule has 17 nitrogen and oxygen atoms in total. The van der Waals surface area contributed by atoms with Gasteiger partial charge in [0.1, 0.15) is 46.9 Å². The molecule has 5 aromatic heterocycles. The van der Waals surface area contributed by atoms with E-state index in [1.807, 2.05) is 130 Å². The molecule has 0 unspecified atom stereocenters. The van der Waals surface area contributed by atoms with E-state index in [0.717, 1.165) is 111 Å². The Morgan fingerprint density at radius 2 is 0.962 bits per heavy atom. The molecule has 0 radical (unpaired) electrons. The molecule has 0 aliphatic carbocycles. The first kappa shape index (κ1) is 68.6. The van der Waals surface area contributed by atoms with Crippen molar-refractivity contribution < 1.29 is 47.4 Å². The van der Waals surface area contributed by atoms with E-state index in [1.165, 1.54) is 0 Å². The Hall–Kier alpha value is -4.67. The molecule has 7 heterocycles. The maximum atomic E-state index is 11.8. The third-order valence-corrected chi connectivity index (χ3v) is 12.7. The predicted octanol–water partition coefficient (Wildman–Crippen LogP) is 10.3. The summed E-state index contributed by atoms with van der Waals surface area (Å²) in [5.41, 5.74) is 8.39. The SMILES string of the molecule is C=C(OCC)c1ccc(C)cn1.CCOC(CBr)(OCC)c1ccc(C)cn1.CCOC(COCCN1CCOCC1)(OCC)c1ccc(C)cn1.Cc1ccc(C(=O)COCCN2CCOCC2)nc1.Cc1ccc(Cl)nc1. The molecule has 0 atom stereocenters. The van der Waals surface area contributed by atoms with Crippen LogP contribution in [0.3, 0.4) is 0 Å². The highest BCUT2D eigenvalue weighted by molar-refractivity contribution is 9.09. The number of rotatable bonds is 25. The lowest BCUT2D eigenvalue weighted by Gasteiger charge is -2.33. The van der Waals surface area contributed by atoms with E-state index in [-0.39, 0.29) is 12.4 Å². The predicted molar refractivity (Wildman–Crippen MR) is 315 cm³/mol. The first-order valence-corrected chi connectivity index (χ1v) is 28.7. The third-order valence-electron chi connectivity index (χ3n) is 11.7. The summed E-state index contributed by atoms with van der Waals surface area (Å²) in [4.78, 5) is 37.4. The number of hydrogen-bond donors (Lipinski definition) is 0. The number of hydrogen-bond acceptors (Lipinski definition) is 17. The highest BCUT2D eigenvalue weighted by Crippen LogP contribution is 2.29. The minimum atomic E-state index is -0.942. The second-order valence-corrected chi connectivity index (χ2v) is 19.2. The lowest BCUT2D eigenvalue weighted by Crippen LogP contribution is -2.41. The van der Waals surface area contributed by atoms with Crippen LogP contribution in [0, 0.1) is 34.6 Å². The molecule has 0 spiro atoms. The molecule has 0 amide bonds. The van der Waals surface area contributed by atoms with E-state index in [9.17, 15) is 4.79 Å². The zero-order chi connectivity index (χ0) is 57.7. The fourth-order valence-corrected chi connectivity index (χ4v) is 8.17. The molecule has 0 aromatic carbocycles. The van der Waals surface area contributed by atoms with Crippen molar-refractivity contribution in [1.29, 1.82) is 0 Å². The second kappa shape index (κ2) is 39.7. The van der Waals surface area contributed by atoms with Crippen molar-refractivity contribution in [2.75, 3.05) is 130 Å². The molecule has 0 bridgehead atoms. The Morgan fingerprint density at radius 1 is 0.557 bits per heavy atom. The van der Waals surface area contributed by atoms with Crippen LogP contribution in [0.1, 0.15) is 90.0 Å². The molecule has 436 valence electrons. The summed E-state index contributed by atoms with van der Waals surface area (Å²) in [5.74, 6) is -1.14. The number of ketones is 1. The number of alkyl halides is 1. The fraction of sp³-hybridized carbons (Fsp3) is 0.533. The van der Waals surface area contributed by atoms with Crippen LogP contribution >= 0.6 is 27.5 Å². The van der Waals surface area contributed by atoms with Crippen molar-refractivity contribution in [1.82, 2.24) is 34.7 Å². The Labute approximate surface area is 484 Å². The fourth-order valence-electron chi connectivity index (χ4n) is 7.45. The summed E-state index contributed by atoms with van der Waals surface area (Å²) in [5, 5.41) is 1.12. The van der Waals surface area contributed by atoms with Crippen molar-refractivity contribution in [3.63, 3.8) is 0 Å². The van der Waals surface area contributed by atoms with Crippen molar-refractivity contribution in [2.24, 2.45) is 0 Å². The van der Waals surface area contributed by atoms with E-state index >= 15 is 0 Å². The minimum Gasteiger partial charge on any atom is -0.492 e. The summed E-state index contributed by atoms with van der Waals surface area (Å²) < 4.78 is 50.5. The van der Waals surface area contributed by atoms with E-state index in [4.69, 9.17) is 54.2 Å². The quantitative estimate of drug-likeness (QED) is 0.0135. The van der Waals surface area contributed by atoms with Gasteiger partial charge in [0.05, 0.1) is 51.6 Å². The molecule has 2 fully saturated rings. The summed E-state index contributed by atoms with van der Waals surface area (Å²) in [6.45, 7) is 36.6. The molecule has 5 aromatic rings. The molecule has 0 N–H and O–H groups in total. The highest BCUT2D eigenvalue weighted by Gasteiger charge is 2.36. The zero-order valence-electron chi connectivity index (χ0n) is 48.5. The number of nitrogens with zero attached hydrogens (tertiary/aromatic N) is 7. The van der Waals surface area contributed by atoms with Crippen molar-refractivity contribution in [3.05, 3.63) is 154 Å². The Morgan fingerprint density at radius 3 is 1.34 bits per heavy atom. The van der Waals surface area contributed by atoms with Gasteiger partial charge < -0.3 is 42.6 Å². The standard InChI is InChI=1S/C18H30N2O4.C14H20N2O3.C12H18BrNO2.C10H13NO.C6H6ClN/c1-4-23-18(24-5-2,17-7-6-16(3)14-19-17)15-22-13-10-20-8-11-21-12-9-20;1-12-2-3-13(15-10-12)14(17)11-19-9-6-16-4-7-18-8-5-16;1-4-15-12(9-13,16-5-2)11-7-6-10(3)8-14-11;1-4-12-9(3)10-6-5-8(2)7-11-10;1-5-2-3-6(7)8-4-5/h6-7,14H,4-5,8-13,15H2,1-3H3;2-3,10H,4-9,11H2,1H3;6-8H,4-5,9H2,1-3H3;5-7H,3-4H2,1-2H3;2-4H,1H3. The lowest BCUT2D eigenvalue weighted by molar-refractivity contribution is -0.270. The van der Waals surface area contributed by atoms with Crippen LogP contribution in [0.5, 0.6) is 0 Å². The van der Waals surface area contributed by atoms with Gasteiger partial charge in [-0.2, -0.15) is 0 Å². The maximum absolute atomic E-state index is 11.8. The number of ether oxygens (including phenoxy) is 9. The van der Waals surface area contributed by atoms with Gasteiger partial charge in [-0.15, -0.1) is 0 Å². The van der Waals surface area contributed by atoms with Gasteiger partial charge in [0.25, 0.3) is 0 Å². The molecule has 19 heteroatoms. The van der Waals surface area contributed by atoms with E-state index in [1.54, 1.807) is 30.7 Å². The van der Waals surface area contributed by atoms with Gasteiger partial charge in [0.2, 0.25) is 17.4 Å². The number of carbonyl (C=O) groups is 1. The van der Waals surface area contributed by atoms with Gasteiger partial charge in [-0.1, -0.05) is 64.4 Å². The van der Waals surface area contributed by atoms with Gasteiger partial charge in [-0.3, -0.25) is 34.5 Å². The number of aryl methyl sites for hydroxylation is 5. The normalized spacial score (nSPS) is 13.7. The van der Waals surface area contributed by atoms with Crippen LogP contribution < -0.4 is 0 Å². The maximum Gasteiger partial charge on any atom is 0.236 e. The Balaban J connectivity index is 0.000000270. The van der Waals surface area contributed by atoms with Crippen LogP contribution in [0.4, 0.5) is 0 Å². The van der Waals surface area contributed by atoms with Crippen LogP contribution in [-0.2, 0) is 54.2 Å². The van der Waals surface area contributed by atoms with Crippen molar-refractivity contribution in [2.45, 2.75) is 80.8 Å².